The van der Waals surface area contributed by atoms with Gasteiger partial charge in [0.2, 0.25) is 0 Å². The van der Waals surface area contributed by atoms with Gasteiger partial charge in [-0.1, -0.05) is 0 Å². The van der Waals surface area contributed by atoms with E-state index in [0.29, 0.717) is 18.3 Å². The van der Waals surface area contributed by atoms with E-state index in [-0.39, 0.29) is 5.54 Å². The third-order valence-corrected chi connectivity index (χ3v) is 6.89. The van der Waals surface area contributed by atoms with Crippen LogP contribution in [-0.2, 0) is 9.84 Å². The van der Waals surface area contributed by atoms with Crippen molar-refractivity contribution >= 4 is 9.84 Å². The molecular weight excluding hydrogens is 210 g/mol. The molecule has 2 unspecified atom stereocenters. The van der Waals surface area contributed by atoms with Crippen LogP contribution in [0.2, 0.25) is 0 Å². The third-order valence-electron chi connectivity index (χ3n) is 4.84. The minimum absolute atomic E-state index is 0.160. The van der Waals surface area contributed by atoms with Gasteiger partial charge in [-0.15, -0.1) is 0 Å². The molecule has 0 aromatic rings. The van der Waals surface area contributed by atoms with Crippen molar-refractivity contribution < 1.29 is 8.42 Å². The molecule has 4 aliphatic rings. The molecule has 0 saturated heterocycles. The van der Waals surface area contributed by atoms with Crippen LogP contribution >= 0.6 is 0 Å². The van der Waals surface area contributed by atoms with E-state index >= 15 is 0 Å². The largest absolute Gasteiger partial charge is 0.325 e. The second-order valence-electron chi connectivity index (χ2n) is 6.28. The van der Waals surface area contributed by atoms with Crippen LogP contribution in [0.4, 0.5) is 0 Å². The first kappa shape index (κ1) is 10.1. The highest BCUT2D eigenvalue weighted by atomic mass is 32.2. The van der Waals surface area contributed by atoms with Crippen LogP contribution < -0.4 is 5.73 Å². The fourth-order valence-corrected chi connectivity index (χ4v) is 6.31. The van der Waals surface area contributed by atoms with Gasteiger partial charge in [0, 0.05) is 11.8 Å². The molecule has 4 heteroatoms. The zero-order valence-electron chi connectivity index (χ0n) is 9.20. The molecule has 86 valence electrons. The predicted molar refractivity (Wildman–Crippen MR) is 59.2 cm³/mol. The summed E-state index contributed by atoms with van der Waals surface area (Å²) in [4.78, 5) is 0. The van der Waals surface area contributed by atoms with Crippen molar-refractivity contribution in [3.8, 4) is 0 Å². The van der Waals surface area contributed by atoms with E-state index in [0.717, 1.165) is 25.7 Å². The summed E-state index contributed by atoms with van der Waals surface area (Å²) in [6.07, 6.45) is 7.20. The van der Waals surface area contributed by atoms with Crippen molar-refractivity contribution in [2.75, 3.05) is 6.26 Å². The maximum Gasteiger partial charge on any atom is 0.153 e. The molecule has 4 aliphatic carbocycles. The van der Waals surface area contributed by atoms with Crippen molar-refractivity contribution in [2.24, 2.45) is 17.6 Å². The number of sulfone groups is 1. The van der Waals surface area contributed by atoms with Crippen LogP contribution in [-0.4, -0.2) is 25.0 Å². The maximum atomic E-state index is 12.0. The standard InChI is InChI=1S/C11H19NO2S/c1-15(13,14)11-5-8-2-9(6-11)4-10(12,3-8)7-11/h8-9H,2-7,12H2,1H3. The molecule has 2 atom stereocenters. The molecule has 4 bridgehead atoms. The Kier molecular flexibility index (Phi) is 1.74. The molecule has 4 fully saturated rings. The monoisotopic (exact) mass is 229 g/mol. The van der Waals surface area contributed by atoms with Gasteiger partial charge >= 0.3 is 0 Å². The third kappa shape index (κ3) is 1.30. The molecule has 4 saturated carbocycles. The van der Waals surface area contributed by atoms with Crippen molar-refractivity contribution in [3.05, 3.63) is 0 Å². The van der Waals surface area contributed by atoms with Crippen LogP contribution in [0, 0.1) is 11.8 Å². The average Bonchev–Trinajstić information content (AvgIpc) is 1.95. The Balaban J connectivity index is 2.07. The summed E-state index contributed by atoms with van der Waals surface area (Å²) in [5.74, 6) is 1.15. The molecule has 15 heavy (non-hydrogen) atoms. The number of nitrogens with two attached hydrogens (primary N) is 1. The lowest BCUT2D eigenvalue weighted by Crippen LogP contribution is -2.65. The van der Waals surface area contributed by atoms with Crippen molar-refractivity contribution in [1.82, 2.24) is 0 Å². The summed E-state index contributed by atoms with van der Waals surface area (Å²) in [7, 11) is -2.94. The molecule has 0 aromatic carbocycles. The van der Waals surface area contributed by atoms with Crippen molar-refractivity contribution in [3.63, 3.8) is 0 Å². The minimum atomic E-state index is -2.94. The zero-order chi connectivity index (χ0) is 10.9. The second-order valence-corrected chi connectivity index (χ2v) is 8.69. The normalized spacial score (nSPS) is 53.5. The molecular formula is C11H19NO2S. The quantitative estimate of drug-likeness (QED) is 0.732. The smallest absolute Gasteiger partial charge is 0.153 e. The Hall–Kier alpha value is -0.0900. The van der Waals surface area contributed by atoms with Gasteiger partial charge in [-0.25, -0.2) is 8.42 Å². The van der Waals surface area contributed by atoms with Gasteiger partial charge in [0.05, 0.1) is 4.75 Å². The Labute approximate surface area is 91.3 Å². The molecule has 4 rings (SSSR count). The number of hydrogen-bond acceptors (Lipinski definition) is 3. The molecule has 0 aromatic heterocycles. The summed E-state index contributed by atoms with van der Waals surface area (Å²) in [5.41, 5.74) is 6.18. The van der Waals surface area contributed by atoms with E-state index in [1.807, 2.05) is 0 Å². The Morgan fingerprint density at radius 3 is 2.07 bits per heavy atom. The summed E-state index contributed by atoms with van der Waals surface area (Å²) in [6, 6.07) is 0. The molecule has 0 aliphatic heterocycles. The topological polar surface area (TPSA) is 60.2 Å². The SMILES string of the molecule is CS(=O)(=O)C12CC3CC(CC(N)(C3)C1)C2. The van der Waals surface area contributed by atoms with Gasteiger partial charge < -0.3 is 5.73 Å². The van der Waals surface area contributed by atoms with Gasteiger partial charge in [-0.05, 0) is 50.4 Å². The summed E-state index contributed by atoms with van der Waals surface area (Å²) in [6.45, 7) is 0. The summed E-state index contributed by atoms with van der Waals surface area (Å²) in [5, 5.41) is 0. The zero-order valence-corrected chi connectivity index (χ0v) is 10.0. The van der Waals surface area contributed by atoms with E-state index < -0.39 is 14.6 Å². The highest BCUT2D eigenvalue weighted by Crippen LogP contribution is 2.59. The molecule has 2 N–H and O–H groups in total. The van der Waals surface area contributed by atoms with Crippen molar-refractivity contribution in [2.45, 2.75) is 48.8 Å². The first-order chi connectivity index (χ1) is 6.82. The first-order valence-electron chi connectivity index (χ1n) is 5.81. The van der Waals surface area contributed by atoms with Crippen LogP contribution in [0.1, 0.15) is 38.5 Å². The van der Waals surface area contributed by atoms with E-state index in [1.54, 1.807) is 0 Å². The van der Waals surface area contributed by atoms with Gasteiger partial charge in [-0.3, -0.25) is 0 Å². The Morgan fingerprint density at radius 2 is 1.67 bits per heavy atom. The average molecular weight is 229 g/mol. The summed E-state index contributed by atoms with van der Waals surface area (Å²) < 4.78 is 23.5. The number of rotatable bonds is 1. The minimum Gasteiger partial charge on any atom is -0.325 e. The fourth-order valence-electron chi connectivity index (χ4n) is 4.68. The summed E-state index contributed by atoms with van der Waals surface area (Å²) >= 11 is 0. The highest BCUT2D eigenvalue weighted by molar-refractivity contribution is 7.92. The Morgan fingerprint density at radius 1 is 1.13 bits per heavy atom. The lowest BCUT2D eigenvalue weighted by Gasteiger charge is -2.59. The lowest BCUT2D eigenvalue weighted by atomic mass is 9.53. The second kappa shape index (κ2) is 2.59. The fraction of sp³-hybridized carbons (Fsp3) is 1.00. The molecule has 0 radical (unpaired) electrons. The van der Waals surface area contributed by atoms with Crippen LogP contribution in [0.15, 0.2) is 0 Å². The highest BCUT2D eigenvalue weighted by Gasteiger charge is 2.60. The van der Waals surface area contributed by atoms with Crippen LogP contribution in [0.25, 0.3) is 0 Å². The molecule has 0 amide bonds. The first-order valence-corrected chi connectivity index (χ1v) is 7.70. The van der Waals surface area contributed by atoms with Gasteiger partial charge in [0.25, 0.3) is 0 Å². The Bertz CT molecular complexity index is 387. The van der Waals surface area contributed by atoms with E-state index in [4.69, 9.17) is 5.73 Å². The van der Waals surface area contributed by atoms with Crippen molar-refractivity contribution in [1.29, 1.82) is 0 Å². The molecule has 0 spiro atoms. The van der Waals surface area contributed by atoms with Crippen LogP contribution in [0.5, 0.6) is 0 Å². The lowest BCUT2D eigenvalue weighted by molar-refractivity contribution is 0.0139. The van der Waals surface area contributed by atoms with Gasteiger partial charge in [-0.2, -0.15) is 0 Å². The van der Waals surface area contributed by atoms with E-state index in [9.17, 15) is 8.42 Å². The van der Waals surface area contributed by atoms with Gasteiger partial charge in [0.1, 0.15) is 0 Å². The van der Waals surface area contributed by atoms with E-state index in [1.165, 1.54) is 12.7 Å². The predicted octanol–water partition coefficient (Wildman–Crippen LogP) is 1.08. The number of hydrogen-bond donors (Lipinski definition) is 1. The maximum absolute atomic E-state index is 12.0. The molecule has 0 heterocycles. The molecule has 3 nitrogen and oxygen atoms in total. The van der Waals surface area contributed by atoms with Gasteiger partial charge in [0.15, 0.2) is 9.84 Å². The van der Waals surface area contributed by atoms with Crippen LogP contribution in [0.3, 0.4) is 0 Å². The van der Waals surface area contributed by atoms with E-state index in [2.05, 4.69) is 0 Å².